The zero-order valence-electron chi connectivity index (χ0n) is 15.6. The van der Waals surface area contributed by atoms with Crippen molar-refractivity contribution in [2.75, 3.05) is 16.8 Å². The SMILES string of the molecule is O=C(Nc1ccccc1Oc1cccc(F)c1)c1ccc(N2CCCC2=O)cc1. The number of amides is 2. The minimum absolute atomic E-state index is 0.102. The Morgan fingerprint density at radius 2 is 1.79 bits per heavy atom. The summed E-state index contributed by atoms with van der Waals surface area (Å²) in [7, 11) is 0. The van der Waals surface area contributed by atoms with Crippen LogP contribution in [-0.2, 0) is 4.79 Å². The van der Waals surface area contributed by atoms with E-state index in [-0.39, 0.29) is 11.8 Å². The number of halogens is 1. The first-order valence-electron chi connectivity index (χ1n) is 9.34. The summed E-state index contributed by atoms with van der Waals surface area (Å²) in [5, 5.41) is 2.82. The molecule has 5 nitrogen and oxygen atoms in total. The zero-order chi connectivity index (χ0) is 20.2. The van der Waals surface area contributed by atoms with Crippen LogP contribution in [0.25, 0.3) is 0 Å². The minimum atomic E-state index is -0.402. The molecule has 6 heteroatoms. The van der Waals surface area contributed by atoms with Crippen LogP contribution in [0.15, 0.2) is 72.8 Å². The van der Waals surface area contributed by atoms with Crippen molar-refractivity contribution >= 4 is 23.2 Å². The van der Waals surface area contributed by atoms with E-state index in [0.29, 0.717) is 35.7 Å². The molecule has 0 aromatic heterocycles. The number of hydrogen-bond acceptors (Lipinski definition) is 3. The van der Waals surface area contributed by atoms with Crippen LogP contribution in [0.1, 0.15) is 23.2 Å². The lowest BCUT2D eigenvalue weighted by atomic mass is 10.1. The van der Waals surface area contributed by atoms with E-state index in [2.05, 4.69) is 5.32 Å². The third-order valence-corrected chi connectivity index (χ3v) is 4.67. The summed E-state index contributed by atoms with van der Waals surface area (Å²) in [5.41, 5.74) is 1.72. The molecule has 146 valence electrons. The van der Waals surface area contributed by atoms with E-state index in [0.717, 1.165) is 12.1 Å². The van der Waals surface area contributed by atoms with Crippen molar-refractivity contribution in [2.45, 2.75) is 12.8 Å². The van der Waals surface area contributed by atoms with Crippen LogP contribution in [0.2, 0.25) is 0 Å². The van der Waals surface area contributed by atoms with Crippen molar-refractivity contribution in [3.8, 4) is 11.5 Å². The molecular formula is C23H19FN2O3. The Bertz CT molecular complexity index is 1050. The Labute approximate surface area is 167 Å². The first-order chi connectivity index (χ1) is 14.1. The maximum absolute atomic E-state index is 13.4. The van der Waals surface area contributed by atoms with Crippen LogP contribution >= 0.6 is 0 Å². The lowest BCUT2D eigenvalue weighted by Crippen LogP contribution is -2.23. The van der Waals surface area contributed by atoms with Crippen molar-refractivity contribution < 1.29 is 18.7 Å². The summed E-state index contributed by atoms with van der Waals surface area (Å²) in [4.78, 5) is 26.2. The Balaban J connectivity index is 1.49. The van der Waals surface area contributed by atoms with Crippen molar-refractivity contribution in [3.05, 3.63) is 84.2 Å². The van der Waals surface area contributed by atoms with E-state index < -0.39 is 5.82 Å². The highest BCUT2D eigenvalue weighted by molar-refractivity contribution is 6.05. The summed E-state index contributed by atoms with van der Waals surface area (Å²) in [5.74, 6) is 0.142. The number of carbonyl (C=O) groups is 2. The van der Waals surface area contributed by atoms with Gasteiger partial charge in [-0.2, -0.15) is 0 Å². The molecular weight excluding hydrogens is 371 g/mol. The van der Waals surface area contributed by atoms with E-state index in [1.54, 1.807) is 65.6 Å². The molecule has 0 radical (unpaired) electrons. The van der Waals surface area contributed by atoms with Gasteiger partial charge in [-0.1, -0.05) is 18.2 Å². The molecule has 3 aromatic carbocycles. The highest BCUT2D eigenvalue weighted by atomic mass is 19.1. The Hall–Kier alpha value is -3.67. The van der Waals surface area contributed by atoms with Crippen LogP contribution in [0.5, 0.6) is 11.5 Å². The van der Waals surface area contributed by atoms with Crippen molar-refractivity contribution in [2.24, 2.45) is 0 Å². The molecule has 1 aliphatic rings. The van der Waals surface area contributed by atoms with Crippen LogP contribution < -0.4 is 15.0 Å². The smallest absolute Gasteiger partial charge is 0.255 e. The predicted octanol–water partition coefficient (Wildman–Crippen LogP) is 5.00. The molecule has 1 aliphatic heterocycles. The van der Waals surface area contributed by atoms with Crippen molar-refractivity contribution in [1.29, 1.82) is 0 Å². The molecule has 1 saturated heterocycles. The van der Waals surface area contributed by atoms with Crippen molar-refractivity contribution in [1.82, 2.24) is 0 Å². The lowest BCUT2D eigenvalue weighted by molar-refractivity contribution is -0.117. The average Bonchev–Trinajstić information content (AvgIpc) is 3.15. The van der Waals surface area contributed by atoms with Gasteiger partial charge in [-0.15, -0.1) is 0 Å². The Kier molecular flexibility index (Phi) is 5.24. The molecule has 2 amide bonds. The summed E-state index contributed by atoms with van der Waals surface area (Å²) in [6.45, 7) is 0.704. The molecule has 1 heterocycles. The number of ether oxygens (including phenoxy) is 1. The minimum Gasteiger partial charge on any atom is -0.455 e. The molecule has 0 aliphatic carbocycles. The fourth-order valence-electron chi connectivity index (χ4n) is 3.22. The molecule has 0 atom stereocenters. The van der Waals surface area contributed by atoms with Gasteiger partial charge in [-0.3, -0.25) is 9.59 Å². The molecule has 3 aromatic rings. The van der Waals surface area contributed by atoms with Gasteiger partial charge in [-0.25, -0.2) is 4.39 Å². The van der Waals surface area contributed by atoms with E-state index >= 15 is 0 Å². The first-order valence-corrected chi connectivity index (χ1v) is 9.34. The van der Waals surface area contributed by atoms with Gasteiger partial charge in [0.15, 0.2) is 5.75 Å². The summed E-state index contributed by atoms with van der Waals surface area (Å²) >= 11 is 0. The van der Waals surface area contributed by atoms with Crippen LogP contribution in [-0.4, -0.2) is 18.4 Å². The number of benzene rings is 3. The van der Waals surface area contributed by atoms with Gasteiger partial charge in [0.1, 0.15) is 11.6 Å². The number of hydrogen-bond donors (Lipinski definition) is 1. The standard InChI is InChI=1S/C23H19FN2O3/c24-17-5-3-6-19(15-17)29-21-8-2-1-7-20(21)25-23(28)16-10-12-18(13-11-16)26-14-4-9-22(26)27/h1-3,5-8,10-13,15H,4,9,14H2,(H,25,28). The van der Waals surface area contributed by atoms with Gasteiger partial charge in [0, 0.05) is 30.3 Å². The Morgan fingerprint density at radius 3 is 2.52 bits per heavy atom. The van der Waals surface area contributed by atoms with Crippen LogP contribution in [0.3, 0.4) is 0 Å². The van der Waals surface area contributed by atoms with E-state index in [9.17, 15) is 14.0 Å². The number of para-hydroxylation sites is 2. The first kappa shape index (κ1) is 18.7. The molecule has 0 unspecified atom stereocenters. The quantitative estimate of drug-likeness (QED) is 0.667. The third kappa shape index (κ3) is 4.27. The number of anilines is 2. The molecule has 1 fully saturated rings. The lowest BCUT2D eigenvalue weighted by Gasteiger charge is -2.16. The largest absolute Gasteiger partial charge is 0.455 e. The molecule has 0 spiro atoms. The highest BCUT2D eigenvalue weighted by Crippen LogP contribution is 2.30. The van der Waals surface area contributed by atoms with Gasteiger partial charge < -0.3 is 15.0 Å². The summed E-state index contributed by atoms with van der Waals surface area (Å²) in [6.07, 6.45) is 1.41. The van der Waals surface area contributed by atoms with Gasteiger partial charge in [-0.05, 0) is 55.0 Å². The topological polar surface area (TPSA) is 58.6 Å². The molecule has 4 rings (SSSR count). The second kappa shape index (κ2) is 8.14. The second-order valence-electron chi connectivity index (χ2n) is 6.71. The van der Waals surface area contributed by atoms with E-state index in [4.69, 9.17) is 4.74 Å². The summed E-state index contributed by atoms with van der Waals surface area (Å²) < 4.78 is 19.1. The van der Waals surface area contributed by atoms with Crippen molar-refractivity contribution in [3.63, 3.8) is 0 Å². The molecule has 1 N–H and O–H groups in total. The van der Waals surface area contributed by atoms with Gasteiger partial charge >= 0.3 is 0 Å². The maximum atomic E-state index is 13.4. The van der Waals surface area contributed by atoms with Crippen LogP contribution in [0.4, 0.5) is 15.8 Å². The highest BCUT2D eigenvalue weighted by Gasteiger charge is 2.21. The number of rotatable bonds is 5. The summed E-state index contributed by atoms with van der Waals surface area (Å²) in [6, 6.07) is 19.7. The van der Waals surface area contributed by atoms with Crippen LogP contribution in [0, 0.1) is 5.82 Å². The Morgan fingerprint density at radius 1 is 1.00 bits per heavy atom. The average molecular weight is 390 g/mol. The monoisotopic (exact) mass is 390 g/mol. The predicted molar refractivity (Wildman–Crippen MR) is 109 cm³/mol. The normalized spacial score (nSPS) is 13.4. The van der Waals surface area contributed by atoms with Gasteiger partial charge in [0.25, 0.3) is 5.91 Å². The molecule has 0 bridgehead atoms. The van der Waals surface area contributed by atoms with E-state index in [1.165, 1.54) is 12.1 Å². The fourth-order valence-corrected chi connectivity index (χ4v) is 3.22. The molecule has 0 saturated carbocycles. The zero-order valence-corrected chi connectivity index (χ0v) is 15.6. The van der Waals surface area contributed by atoms with Gasteiger partial charge in [0.05, 0.1) is 5.69 Å². The third-order valence-electron chi connectivity index (χ3n) is 4.67. The van der Waals surface area contributed by atoms with Gasteiger partial charge in [0.2, 0.25) is 5.91 Å². The number of nitrogens with zero attached hydrogens (tertiary/aromatic N) is 1. The number of carbonyl (C=O) groups excluding carboxylic acids is 2. The fraction of sp³-hybridized carbons (Fsp3) is 0.130. The number of nitrogens with one attached hydrogen (secondary N) is 1. The maximum Gasteiger partial charge on any atom is 0.255 e. The van der Waals surface area contributed by atoms with E-state index in [1.807, 2.05) is 0 Å². The molecule has 29 heavy (non-hydrogen) atoms. The second-order valence-corrected chi connectivity index (χ2v) is 6.71.